The van der Waals surface area contributed by atoms with E-state index in [9.17, 15) is 27.9 Å². The van der Waals surface area contributed by atoms with Crippen LogP contribution in [0.2, 0.25) is 0 Å². The highest BCUT2D eigenvalue weighted by Gasteiger charge is 2.28. The fourth-order valence-corrected chi connectivity index (χ4v) is 6.06. The van der Waals surface area contributed by atoms with Crippen molar-refractivity contribution in [3.8, 4) is 17.3 Å². The number of carbonyl (C=O) groups is 2. The number of amides is 1. The summed E-state index contributed by atoms with van der Waals surface area (Å²) in [5, 5.41) is 13.6. The van der Waals surface area contributed by atoms with Crippen molar-refractivity contribution in [3.05, 3.63) is 143 Å². The molecule has 0 fully saturated rings. The molecule has 0 bridgehead atoms. The van der Waals surface area contributed by atoms with Crippen molar-refractivity contribution >= 4 is 27.6 Å². The van der Waals surface area contributed by atoms with Crippen LogP contribution in [0.4, 0.5) is 5.69 Å². The average Bonchev–Trinajstić information content (AvgIpc) is 3.15. The predicted octanol–water partition coefficient (Wildman–Crippen LogP) is 3.27. The molecular weight excluding hydrogens is 673 g/mol. The van der Waals surface area contributed by atoms with Crippen LogP contribution in [-0.2, 0) is 39.3 Å². The second-order valence-corrected chi connectivity index (χ2v) is 13.1. The van der Waals surface area contributed by atoms with Crippen molar-refractivity contribution in [1.29, 1.82) is 0 Å². The highest BCUT2D eigenvalue weighted by Crippen LogP contribution is 2.17. The lowest BCUT2D eigenvalue weighted by molar-refractivity contribution is -0.133. The molecule has 13 nitrogen and oxygen atoms in total. The molecule has 0 saturated carbocycles. The number of hydrogen-bond acceptors (Lipinski definition) is 9. The Morgan fingerprint density at radius 3 is 2.16 bits per heavy atom. The molecule has 4 N–H and O–H groups in total. The Bertz CT molecular complexity index is 2050. The van der Waals surface area contributed by atoms with Crippen LogP contribution in [0.15, 0.2) is 126 Å². The van der Waals surface area contributed by atoms with Gasteiger partial charge in [-0.3, -0.25) is 23.7 Å². The number of aliphatic hydroxyl groups excluding tert-OH is 1. The fraction of sp³-hybridized carbons (Fsp3) is 0.216. The number of aromatic nitrogens is 3. The van der Waals surface area contributed by atoms with Gasteiger partial charge >= 0.3 is 0 Å². The average molecular weight is 711 g/mol. The summed E-state index contributed by atoms with van der Waals surface area (Å²) >= 11 is 0. The van der Waals surface area contributed by atoms with E-state index in [0.29, 0.717) is 23.4 Å². The second kappa shape index (κ2) is 17.8. The molecule has 1 unspecified atom stereocenters. The van der Waals surface area contributed by atoms with E-state index < -0.39 is 46.1 Å². The Hall–Kier alpha value is -5.70. The zero-order valence-corrected chi connectivity index (χ0v) is 28.4. The summed E-state index contributed by atoms with van der Waals surface area (Å²) in [4.78, 5) is 49.4. The van der Waals surface area contributed by atoms with Crippen molar-refractivity contribution in [2.75, 3.05) is 11.3 Å². The van der Waals surface area contributed by atoms with Crippen LogP contribution >= 0.6 is 0 Å². The quantitative estimate of drug-likeness (QED) is 0.0993. The third-order valence-electron chi connectivity index (χ3n) is 7.73. The van der Waals surface area contributed by atoms with Gasteiger partial charge in [-0.25, -0.2) is 9.97 Å². The molecular formula is C37H38N6O7S. The molecule has 1 amide bonds. The Morgan fingerprint density at radius 2 is 1.49 bits per heavy atom. The molecule has 5 rings (SSSR count). The van der Waals surface area contributed by atoms with Gasteiger partial charge in [-0.15, -0.1) is 0 Å². The number of Topliss-reactive ketones (excluding diaryl/α,β-unsaturated/α-hetero) is 1. The Balaban J connectivity index is 1.33. The van der Waals surface area contributed by atoms with Gasteiger partial charge < -0.3 is 15.2 Å². The lowest BCUT2D eigenvalue weighted by Crippen LogP contribution is -2.48. The number of nitrogens with zero attached hydrogens (tertiary/aromatic N) is 3. The monoisotopic (exact) mass is 710 g/mol. The molecule has 3 aromatic carbocycles. The molecule has 0 saturated heterocycles. The minimum atomic E-state index is -4.22. The molecule has 51 heavy (non-hydrogen) atoms. The van der Waals surface area contributed by atoms with E-state index in [0.717, 1.165) is 16.3 Å². The molecule has 0 aliphatic rings. The van der Waals surface area contributed by atoms with Crippen LogP contribution in [-0.4, -0.2) is 58.5 Å². The van der Waals surface area contributed by atoms with Crippen molar-refractivity contribution in [1.82, 2.24) is 24.6 Å². The lowest BCUT2D eigenvalue weighted by Gasteiger charge is -2.22. The van der Waals surface area contributed by atoms with Gasteiger partial charge in [0.1, 0.15) is 24.2 Å². The number of benzene rings is 3. The number of ether oxygens (including phenoxy) is 1. The van der Waals surface area contributed by atoms with Crippen molar-refractivity contribution < 1.29 is 27.9 Å². The van der Waals surface area contributed by atoms with Crippen LogP contribution in [0.25, 0.3) is 11.4 Å². The summed E-state index contributed by atoms with van der Waals surface area (Å²) in [6.07, 6.45) is 1.79. The van der Waals surface area contributed by atoms with E-state index in [1.165, 1.54) is 0 Å². The zero-order chi connectivity index (χ0) is 36.1. The highest BCUT2D eigenvalue weighted by atomic mass is 32.2. The summed E-state index contributed by atoms with van der Waals surface area (Å²) in [5.74, 6) is -0.801. The first kappa shape index (κ1) is 36.6. The maximum absolute atomic E-state index is 13.8. The first-order valence-corrected chi connectivity index (χ1v) is 17.7. The number of carbonyl (C=O) groups excluding carboxylic acids is 2. The molecule has 5 aromatic rings. The number of hydrogen-bond donors (Lipinski definition) is 4. The van der Waals surface area contributed by atoms with Gasteiger partial charge in [0.15, 0.2) is 5.78 Å². The maximum Gasteiger partial charge on any atom is 0.299 e. The predicted molar refractivity (Wildman–Crippen MR) is 192 cm³/mol. The highest BCUT2D eigenvalue weighted by molar-refractivity contribution is 7.90. The third kappa shape index (κ3) is 10.9. The van der Waals surface area contributed by atoms with E-state index >= 15 is 0 Å². The Morgan fingerprint density at radius 1 is 0.843 bits per heavy atom. The van der Waals surface area contributed by atoms with Gasteiger partial charge in [0.2, 0.25) is 11.8 Å². The van der Waals surface area contributed by atoms with Gasteiger partial charge in [0.25, 0.3) is 15.8 Å². The lowest BCUT2D eigenvalue weighted by atomic mass is 9.97. The molecule has 264 valence electrons. The molecule has 0 aliphatic heterocycles. The molecule has 2 atom stereocenters. The van der Waals surface area contributed by atoms with Gasteiger partial charge in [-0.05, 0) is 36.5 Å². The number of anilines is 1. The topological polar surface area (TPSA) is 182 Å². The summed E-state index contributed by atoms with van der Waals surface area (Å²) in [6, 6.07) is 30.5. The normalized spacial score (nSPS) is 12.4. The number of rotatable bonds is 18. The molecule has 14 heteroatoms. The largest absolute Gasteiger partial charge is 0.478 e. The van der Waals surface area contributed by atoms with Gasteiger partial charge in [0, 0.05) is 24.4 Å². The molecule has 0 radical (unpaired) electrons. The van der Waals surface area contributed by atoms with Crippen LogP contribution in [0.1, 0.15) is 24.0 Å². The van der Waals surface area contributed by atoms with E-state index in [1.54, 1.807) is 109 Å². The van der Waals surface area contributed by atoms with Crippen LogP contribution < -0.4 is 25.1 Å². The van der Waals surface area contributed by atoms with Crippen LogP contribution in [0.3, 0.4) is 0 Å². The van der Waals surface area contributed by atoms with Crippen LogP contribution in [0.5, 0.6) is 5.88 Å². The molecule has 0 spiro atoms. The van der Waals surface area contributed by atoms with E-state index in [2.05, 4.69) is 24.7 Å². The van der Waals surface area contributed by atoms with Gasteiger partial charge in [-0.1, -0.05) is 97.1 Å². The van der Waals surface area contributed by atoms with Gasteiger partial charge in [0.05, 0.1) is 18.8 Å². The van der Waals surface area contributed by atoms with Crippen molar-refractivity contribution in [2.24, 2.45) is 0 Å². The number of aliphatic hydroxyl groups is 1. The number of nitrogens with one attached hydrogen (secondary N) is 3. The van der Waals surface area contributed by atoms with Gasteiger partial charge in [-0.2, -0.15) is 13.1 Å². The fourth-order valence-electron chi connectivity index (χ4n) is 5.20. The van der Waals surface area contributed by atoms with Crippen LogP contribution in [0, 0.1) is 0 Å². The summed E-state index contributed by atoms with van der Waals surface area (Å²) in [6.45, 7) is -0.408. The Labute approximate surface area is 295 Å². The molecule has 2 aromatic heterocycles. The summed E-state index contributed by atoms with van der Waals surface area (Å²) in [5.41, 5.74) is 0.729. The Kier molecular flexibility index (Phi) is 12.8. The number of ketones is 1. The van der Waals surface area contributed by atoms with E-state index in [1.807, 2.05) is 6.07 Å². The van der Waals surface area contributed by atoms with E-state index in [-0.39, 0.29) is 37.5 Å². The molecule has 2 heterocycles. The molecule has 0 aliphatic carbocycles. The maximum atomic E-state index is 13.8. The zero-order valence-electron chi connectivity index (χ0n) is 27.6. The summed E-state index contributed by atoms with van der Waals surface area (Å²) < 4.78 is 37.0. The van der Waals surface area contributed by atoms with Crippen molar-refractivity contribution in [3.63, 3.8) is 0 Å². The minimum absolute atomic E-state index is 0.0256. The SMILES string of the molecule is O=C(Cn1c(-c2ccccc2)ncc(NS(=O)(=O)NCc2ccccc2)c1=O)N[C@@H](Cc1ccccc1)C(=O)C(O)CCCOc1ccccn1. The third-order valence-corrected chi connectivity index (χ3v) is 8.75. The van der Waals surface area contributed by atoms with Crippen molar-refractivity contribution in [2.45, 2.75) is 44.5 Å². The standard InChI is InChI=1S/C37H38N6O7S/c44-32(19-12-22-50-34-20-10-11-21-38-34)35(46)30(23-27-13-4-1-5-14-27)41-33(45)26-43-36(29-17-8-3-9-18-29)39-25-31(37(43)47)42-51(48,49)40-24-28-15-6-2-7-16-28/h1-11,13-18,20-21,25,30,32,40,42,44H,12,19,22-24,26H2,(H,41,45)/t30-,32?/m0/s1. The minimum Gasteiger partial charge on any atom is -0.478 e. The van der Waals surface area contributed by atoms with E-state index in [4.69, 9.17) is 4.74 Å². The second-order valence-electron chi connectivity index (χ2n) is 11.6. The smallest absolute Gasteiger partial charge is 0.299 e. The summed E-state index contributed by atoms with van der Waals surface area (Å²) in [7, 11) is -4.22. The first-order valence-electron chi connectivity index (χ1n) is 16.2. The number of pyridine rings is 1. The first-order chi connectivity index (χ1) is 24.7.